The van der Waals surface area contributed by atoms with E-state index in [-0.39, 0.29) is 17.7 Å². The summed E-state index contributed by atoms with van der Waals surface area (Å²) in [5, 5.41) is 0. The van der Waals surface area contributed by atoms with E-state index in [1.807, 2.05) is 45.0 Å². The van der Waals surface area contributed by atoms with E-state index in [0.29, 0.717) is 5.88 Å². The first-order valence-corrected chi connectivity index (χ1v) is 8.15. The van der Waals surface area contributed by atoms with Crippen LogP contribution in [-0.2, 0) is 10.0 Å². The Morgan fingerprint density at radius 1 is 1.33 bits per heavy atom. The molecule has 0 fully saturated rings. The van der Waals surface area contributed by atoms with Gasteiger partial charge in [-0.3, -0.25) is 0 Å². The van der Waals surface area contributed by atoms with Crippen LogP contribution in [0.3, 0.4) is 0 Å². The fourth-order valence-corrected chi connectivity index (χ4v) is 3.62. The third kappa shape index (κ3) is 4.96. The van der Waals surface area contributed by atoms with Gasteiger partial charge in [0.2, 0.25) is 10.0 Å². The van der Waals surface area contributed by atoms with Crippen molar-refractivity contribution in [3.05, 3.63) is 35.4 Å². The Morgan fingerprint density at radius 3 is 2.56 bits per heavy atom. The summed E-state index contributed by atoms with van der Waals surface area (Å²) >= 11 is 5.64. The Morgan fingerprint density at radius 2 is 2.00 bits per heavy atom. The summed E-state index contributed by atoms with van der Waals surface area (Å²) in [6.45, 7) is 5.65. The van der Waals surface area contributed by atoms with Gasteiger partial charge in [0.1, 0.15) is 0 Å². The van der Waals surface area contributed by atoms with E-state index in [2.05, 4.69) is 4.72 Å². The van der Waals surface area contributed by atoms with Crippen LogP contribution in [0.15, 0.2) is 24.3 Å². The Kier molecular flexibility index (Phi) is 5.63. The van der Waals surface area contributed by atoms with Gasteiger partial charge >= 0.3 is 0 Å². The van der Waals surface area contributed by atoms with E-state index in [1.54, 1.807) is 0 Å². The summed E-state index contributed by atoms with van der Waals surface area (Å²) in [4.78, 5) is 0. The van der Waals surface area contributed by atoms with Gasteiger partial charge in [-0.2, -0.15) is 0 Å². The number of hydrogen-bond acceptors (Lipinski definition) is 2. The van der Waals surface area contributed by atoms with Crippen molar-refractivity contribution in [2.45, 2.75) is 26.8 Å². The summed E-state index contributed by atoms with van der Waals surface area (Å²) < 4.78 is 26.5. The monoisotopic (exact) mass is 289 g/mol. The van der Waals surface area contributed by atoms with E-state index in [0.717, 1.165) is 11.1 Å². The second-order valence-electron chi connectivity index (χ2n) is 4.79. The Hall–Kier alpha value is -0.580. The zero-order valence-electron chi connectivity index (χ0n) is 11.0. The molecule has 0 aliphatic carbocycles. The highest BCUT2D eigenvalue weighted by Gasteiger charge is 2.18. The first-order chi connectivity index (χ1) is 8.34. The van der Waals surface area contributed by atoms with Gasteiger partial charge in [-0.05, 0) is 25.3 Å². The summed E-state index contributed by atoms with van der Waals surface area (Å²) in [6.07, 6.45) is 0. The van der Waals surface area contributed by atoms with Crippen LogP contribution in [-0.4, -0.2) is 20.1 Å². The number of benzene rings is 1. The molecule has 3 nitrogen and oxygen atoms in total. The summed E-state index contributed by atoms with van der Waals surface area (Å²) in [7, 11) is -3.29. The largest absolute Gasteiger partial charge is 0.212 e. The molecule has 0 radical (unpaired) electrons. The molecule has 1 unspecified atom stereocenters. The minimum Gasteiger partial charge on any atom is -0.212 e. The average Bonchev–Trinajstić information content (AvgIpc) is 2.27. The molecule has 0 saturated heterocycles. The van der Waals surface area contributed by atoms with Crippen molar-refractivity contribution in [1.29, 1.82) is 0 Å². The normalized spacial score (nSPS) is 15.3. The van der Waals surface area contributed by atoms with Gasteiger partial charge in [0.25, 0.3) is 0 Å². The molecule has 0 aromatic heterocycles. The highest BCUT2D eigenvalue weighted by atomic mass is 35.5. The van der Waals surface area contributed by atoms with Gasteiger partial charge in [-0.15, -0.1) is 11.6 Å². The van der Waals surface area contributed by atoms with Crippen molar-refractivity contribution in [3.8, 4) is 0 Å². The second kappa shape index (κ2) is 6.55. The Bertz CT molecular complexity index is 488. The molecule has 1 N–H and O–H groups in total. The van der Waals surface area contributed by atoms with Crippen LogP contribution in [0.4, 0.5) is 0 Å². The summed E-state index contributed by atoms with van der Waals surface area (Å²) in [5.41, 5.74) is 2.09. The first-order valence-electron chi connectivity index (χ1n) is 5.96. The summed E-state index contributed by atoms with van der Waals surface area (Å²) in [6, 6.07) is 7.60. The molecule has 0 aliphatic heterocycles. The molecule has 0 bridgehead atoms. The smallest absolute Gasteiger partial charge is 0.212 e. The van der Waals surface area contributed by atoms with Crippen LogP contribution < -0.4 is 4.72 Å². The number of halogens is 1. The third-order valence-corrected chi connectivity index (χ3v) is 4.91. The molecule has 18 heavy (non-hydrogen) atoms. The van der Waals surface area contributed by atoms with Crippen LogP contribution in [0.2, 0.25) is 0 Å². The molecular formula is C13H20ClNO2S. The molecule has 5 heteroatoms. The molecule has 0 amide bonds. The molecule has 102 valence electrons. The first kappa shape index (κ1) is 15.5. The van der Waals surface area contributed by atoms with Crippen molar-refractivity contribution < 1.29 is 8.42 Å². The van der Waals surface area contributed by atoms with Crippen LogP contribution >= 0.6 is 11.6 Å². The number of rotatable bonds is 6. The standard InChI is InChI=1S/C13H20ClNO2S/c1-10-5-4-6-13(7-10)12(3)15-18(16,17)9-11(2)8-14/h4-7,11-12,15H,8-9H2,1-3H3/t11?,12-/m0/s1. The van der Waals surface area contributed by atoms with Crippen molar-refractivity contribution >= 4 is 21.6 Å². The SMILES string of the molecule is Cc1cccc([C@H](C)NS(=O)(=O)CC(C)CCl)c1. The van der Waals surface area contributed by atoms with E-state index < -0.39 is 10.0 Å². The molecule has 1 aromatic rings. The molecule has 0 heterocycles. The minimum absolute atomic E-state index is 0.0473. The van der Waals surface area contributed by atoms with Crippen molar-refractivity contribution in [3.63, 3.8) is 0 Å². The molecule has 2 atom stereocenters. The zero-order valence-corrected chi connectivity index (χ0v) is 12.6. The minimum atomic E-state index is -3.29. The maximum absolute atomic E-state index is 11.9. The van der Waals surface area contributed by atoms with E-state index in [4.69, 9.17) is 11.6 Å². The van der Waals surface area contributed by atoms with Gasteiger partial charge in [0, 0.05) is 11.9 Å². The molecular weight excluding hydrogens is 270 g/mol. The van der Waals surface area contributed by atoms with E-state index in [9.17, 15) is 8.42 Å². The number of sulfonamides is 1. The highest BCUT2D eigenvalue weighted by Crippen LogP contribution is 2.15. The molecule has 1 rings (SSSR count). The maximum atomic E-state index is 11.9. The van der Waals surface area contributed by atoms with Gasteiger partial charge in [0.15, 0.2) is 0 Å². The highest BCUT2D eigenvalue weighted by molar-refractivity contribution is 7.89. The number of alkyl halides is 1. The van der Waals surface area contributed by atoms with Crippen LogP contribution in [0.25, 0.3) is 0 Å². The molecule has 0 spiro atoms. The lowest BCUT2D eigenvalue weighted by Crippen LogP contribution is -2.31. The maximum Gasteiger partial charge on any atom is 0.212 e. The lowest BCUT2D eigenvalue weighted by atomic mass is 10.1. The van der Waals surface area contributed by atoms with Crippen molar-refractivity contribution in [1.82, 2.24) is 4.72 Å². The van der Waals surface area contributed by atoms with Gasteiger partial charge < -0.3 is 0 Å². The second-order valence-corrected chi connectivity index (χ2v) is 6.90. The lowest BCUT2D eigenvalue weighted by Gasteiger charge is -2.16. The fraction of sp³-hybridized carbons (Fsp3) is 0.538. The predicted molar refractivity (Wildman–Crippen MR) is 76.4 cm³/mol. The average molecular weight is 290 g/mol. The Balaban J connectivity index is 2.72. The lowest BCUT2D eigenvalue weighted by molar-refractivity contribution is 0.555. The van der Waals surface area contributed by atoms with Gasteiger partial charge in [0.05, 0.1) is 5.75 Å². The van der Waals surface area contributed by atoms with Gasteiger partial charge in [-0.25, -0.2) is 13.1 Å². The van der Waals surface area contributed by atoms with Gasteiger partial charge in [-0.1, -0.05) is 36.8 Å². The fourth-order valence-electron chi connectivity index (χ4n) is 1.74. The number of nitrogens with one attached hydrogen (secondary N) is 1. The van der Waals surface area contributed by atoms with Crippen LogP contribution in [0.1, 0.15) is 31.0 Å². The summed E-state index contributed by atoms with van der Waals surface area (Å²) in [5.74, 6) is 0.362. The zero-order chi connectivity index (χ0) is 13.8. The molecule has 0 saturated carbocycles. The number of hydrogen-bond donors (Lipinski definition) is 1. The van der Waals surface area contributed by atoms with E-state index in [1.165, 1.54) is 0 Å². The quantitative estimate of drug-likeness (QED) is 0.819. The van der Waals surface area contributed by atoms with Crippen LogP contribution in [0.5, 0.6) is 0 Å². The van der Waals surface area contributed by atoms with Crippen LogP contribution in [0, 0.1) is 12.8 Å². The molecule has 1 aromatic carbocycles. The topological polar surface area (TPSA) is 46.2 Å². The predicted octanol–water partition coefficient (Wildman–Crippen LogP) is 2.85. The van der Waals surface area contributed by atoms with Crippen molar-refractivity contribution in [2.75, 3.05) is 11.6 Å². The van der Waals surface area contributed by atoms with Crippen molar-refractivity contribution in [2.24, 2.45) is 5.92 Å². The molecule has 0 aliphatic rings. The van der Waals surface area contributed by atoms with E-state index >= 15 is 0 Å². The Labute approximate surface area is 115 Å². The third-order valence-electron chi connectivity index (χ3n) is 2.67. The number of aryl methyl sites for hydroxylation is 1.